The molecular formula is C6H5ClOS. The zero-order chi connectivity index (χ0) is 6.85. The minimum absolute atomic E-state index is 0.367. The van der Waals surface area contributed by atoms with Gasteiger partial charge in [0.2, 0.25) is 0 Å². The van der Waals surface area contributed by atoms with Gasteiger partial charge in [0.1, 0.15) is 0 Å². The first-order chi connectivity index (χ1) is 4.20. The van der Waals surface area contributed by atoms with Gasteiger partial charge in [0.05, 0.1) is 4.88 Å². The third kappa shape index (κ3) is 1.53. The Bertz CT molecular complexity index is 229. The molecule has 3 heteroatoms. The zero-order valence-corrected chi connectivity index (χ0v) is 6.42. The van der Waals surface area contributed by atoms with Gasteiger partial charge in [-0.15, -0.1) is 11.3 Å². The van der Waals surface area contributed by atoms with Crippen molar-refractivity contribution in [3.63, 3.8) is 0 Å². The fourth-order valence-corrected chi connectivity index (χ4v) is 1.45. The molecule has 0 radical (unpaired) electrons. The molecule has 0 bridgehead atoms. The first kappa shape index (κ1) is 6.78. The van der Waals surface area contributed by atoms with Crippen molar-refractivity contribution < 1.29 is 4.79 Å². The maximum Gasteiger partial charge on any atom is 0.262 e. The van der Waals surface area contributed by atoms with Crippen LogP contribution in [-0.4, -0.2) is 5.24 Å². The lowest BCUT2D eigenvalue weighted by atomic mass is 10.3. The maximum absolute atomic E-state index is 10.4. The van der Waals surface area contributed by atoms with Gasteiger partial charge in [0.15, 0.2) is 0 Å². The van der Waals surface area contributed by atoms with Crippen molar-refractivity contribution in [3.05, 3.63) is 21.9 Å². The highest BCUT2D eigenvalue weighted by Gasteiger charge is 2.01. The van der Waals surface area contributed by atoms with Gasteiger partial charge in [0, 0.05) is 0 Å². The number of halogens is 1. The predicted octanol–water partition coefficient (Wildman–Crippen LogP) is 2.44. The van der Waals surface area contributed by atoms with Crippen LogP contribution < -0.4 is 0 Å². The van der Waals surface area contributed by atoms with Crippen molar-refractivity contribution in [1.82, 2.24) is 0 Å². The third-order valence-corrected chi connectivity index (χ3v) is 2.29. The fraction of sp³-hybridized carbons (Fsp3) is 0.167. The van der Waals surface area contributed by atoms with Crippen molar-refractivity contribution in [2.24, 2.45) is 0 Å². The number of rotatable bonds is 1. The molecule has 0 spiro atoms. The smallest absolute Gasteiger partial charge is 0.262 e. The highest BCUT2D eigenvalue weighted by Crippen LogP contribution is 2.15. The van der Waals surface area contributed by atoms with Gasteiger partial charge >= 0.3 is 0 Å². The first-order valence-electron chi connectivity index (χ1n) is 2.45. The van der Waals surface area contributed by atoms with Gasteiger partial charge < -0.3 is 0 Å². The number of thiophene rings is 1. The molecule has 0 saturated carbocycles. The van der Waals surface area contributed by atoms with Gasteiger partial charge in [0.25, 0.3) is 5.24 Å². The average molecular weight is 161 g/mol. The average Bonchev–Trinajstić information content (AvgIpc) is 2.14. The second kappa shape index (κ2) is 2.50. The van der Waals surface area contributed by atoms with Crippen molar-refractivity contribution >= 4 is 28.2 Å². The Morgan fingerprint density at radius 3 is 2.67 bits per heavy atom. The van der Waals surface area contributed by atoms with E-state index in [2.05, 4.69) is 0 Å². The number of carbonyl (C=O) groups excluding carboxylic acids is 1. The van der Waals surface area contributed by atoms with Crippen molar-refractivity contribution in [2.75, 3.05) is 0 Å². The van der Waals surface area contributed by atoms with Crippen LogP contribution in [0.5, 0.6) is 0 Å². The molecule has 0 aliphatic heterocycles. The monoisotopic (exact) mass is 160 g/mol. The lowest BCUT2D eigenvalue weighted by molar-refractivity contribution is 0.108. The minimum Gasteiger partial charge on any atom is -0.275 e. The van der Waals surface area contributed by atoms with Crippen LogP contribution in [0.4, 0.5) is 0 Å². The van der Waals surface area contributed by atoms with Crippen molar-refractivity contribution in [3.8, 4) is 0 Å². The van der Waals surface area contributed by atoms with E-state index in [1.54, 1.807) is 6.07 Å². The molecule has 1 aromatic rings. The molecule has 0 saturated heterocycles. The van der Waals surface area contributed by atoms with Gasteiger partial charge in [-0.1, -0.05) is 0 Å². The molecule has 1 rings (SSSR count). The summed E-state index contributed by atoms with van der Waals surface area (Å²) in [6, 6.07) is 1.78. The molecule has 0 aliphatic carbocycles. The number of hydrogen-bond donors (Lipinski definition) is 0. The summed E-state index contributed by atoms with van der Waals surface area (Å²) in [4.78, 5) is 11.1. The van der Waals surface area contributed by atoms with Crippen LogP contribution in [0.15, 0.2) is 11.4 Å². The maximum atomic E-state index is 10.4. The van der Waals surface area contributed by atoms with Crippen LogP contribution >= 0.6 is 22.9 Å². The first-order valence-corrected chi connectivity index (χ1v) is 3.71. The molecule has 1 aromatic heterocycles. The summed E-state index contributed by atoms with van der Waals surface area (Å²) in [6.45, 7) is 1.93. The molecular weight excluding hydrogens is 156 g/mol. The quantitative estimate of drug-likeness (QED) is 0.577. The number of aryl methyl sites for hydroxylation is 1. The summed E-state index contributed by atoms with van der Waals surface area (Å²) < 4.78 is 0. The second-order valence-electron chi connectivity index (χ2n) is 1.76. The lowest BCUT2D eigenvalue weighted by Gasteiger charge is -1.78. The summed E-state index contributed by atoms with van der Waals surface area (Å²) in [5, 5.41) is 1.53. The van der Waals surface area contributed by atoms with E-state index in [1.807, 2.05) is 12.3 Å². The SMILES string of the molecule is Cc1csc(C(=O)Cl)c1. The van der Waals surface area contributed by atoms with Crippen LogP contribution in [0, 0.1) is 6.92 Å². The summed E-state index contributed by atoms with van der Waals surface area (Å²) in [7, 11) is 0. The topological polar surface area (TPSA) is 17.1 Å². The standard InChI is InChI=1S/C6H5ClOS/c1-4-2-5(6(7)8)9-3-4/h2-3H,1H3. The van der Waals surface area contributed by atoms with E-state index in [-0.39, 0.29) is 5.24 Å². The van der Waals surface area contributed by atoms with E-state index in [0.717, 1.165) is 5.56 Å². The lowest BCUT2D eigenvalue weighted by Crippen LogP contribution is -1.79. The third-order valence-electron chi connectivity index (χ3n) is 0.924. The molecule has 0 amide bonds. The van der Waals surface area contributed by atoms with Gasteiger partial charge in [-0.2, -0.15) is 0 Å². The van der Waals surface area contributed by atoms with Crippen LogP contribution in [0.1, 0.15) is 15.2 Å². The number of hydrogen-bond acceptors (Lipinski definition) is 2. The Morgan fingerprint density at radius 2 is 2.44 bits per heavy atom. The molecule has 1 nitrogen and oxygen atoms in total. The molecule has 0 fully saturated rings. The molecule has 9 heavy (non-hydrogen) atoms. The molecule has 0 aliphatic rings. The van der Waals surface area contributed by atoms with Gasteiger partial charge in [-0.25, -0.2) is 0 Å². The van der Waals surface area contributed by atoms with Gasteiger partial charge in [-0.05, 0) is 35.5 Å². The normalized spacial score (nSPS) is 9.56. The van der Waals surface area contributed by atoms with E-state index >= 15 is 0 Å². The van der Waals surface area contributed by atoms with E-state index in [0.29, 0.717) is 4.88 Å². The minimum atomic E-state index is -0.367. The van der Waals surface area contributed by atoms with Crippen molar-refractivity contribution in [1.29, 1.82) is 0 Å². The largest absolute Gasteiger partial charge is 0.275 e. The molecule has 0 unspecified atom stereocenters. The predicted molar refractivity (Wildman–Crippen MR) is 39.2 cm³/mol. The van der Waals surface area contributed by atoms with Crippen LogP contribution in [0.3, 0.4) is 0 Å². The highest BCUT2D eigenvalue weighted by molar-refractivity contribution is 7.14. The van der Waals surface area contributed by atoms with E-state index in [1.165, 1.54) is 11.3 Å². The summed E-state index contributed by atoms with van der Waals surface area (Å²) in [5.74, 6) is 0. The summed E-state index contributed by atoms with van der Waals surface area (Å²) in [6.07, 6.45) is 0. The van der Waals surface area contributed by atoms with Crippen LogP contribution in [0.25, 0.3) is 0 Å². The number of carbonyl (C=O) groups is 1. The Hall–Kier alpha value is -0.340. The zero-order valence-electron chi connectivity index (χ0n) is 4.85. The summed E-state index contributed by atoms with van der Waals surface area (Å²) in [5.41, 5.74) is 1.09. The highest BCUT2D eigenvalue weighted by atomic mass is 35.5. The molecule has 0 aromatic carbocycles. The Kier molecular flexibility index (Phi) is 1.88. The molecule has 1 heterocycles. The Balaban J connectivity index is 2.98. The summed E-state index contributed by atoms with van der Waals surface area (Å²) >= 11 is 6.56. The van der Waals surface area contributed by atoms with Crippen LogP contribution in [-0.2, 0) is 0 Å². The van der Waals surface area contributed by atoms with E-state index in [4.69, 9.17) is 11.6 Å². The Labute approximate surface area is 62.3 Å². The van der Waals surface area contributed by atoms with E-state index < -0.39 is 0 Å². The Morgan fingerprint density at radius 1 is 1.78 bits per heavy atom. The van der Waals surface area contributed by atoms with Gasteiger partial charge in [-0.3, -0.25) is 4.79 Å². The van der Waals surface area contributed by atoms with Crippen LogP contribution in [0.2, 0.25) is 0 Å². The van der Waals surface area contributed by atoms with Crippen molar-refractivity contribution in [2.45, 2.75) is 6.92 Å². The molecule has 48 valence electrons. The van der Waals surface area contributed by atoms with E-state index in [9.17, 15) is 4.79 Å². The molecule has 0 atom stereocenters. The molecule has 0 N–H and O–H groups in total. The second-order valence-corrected chi connectivity index (χ2v) is 3.02. The fourth-order valence-electron chi connectivity index (χ4n) is 0.534.